The maximum Gasteiger partial charge on any atom is 0.292 e. The predicted molar refractivity (Wildman–Crippen MR) is 135 cm³/mol. The molecule has 5 rings (SSSR count). The molecule has 0 radical (unpaired) electrons. The number of nitrogens with zero attached hydrogens (tertiary/aromatic N) is 1. The standard InChI is InChI=1S/C29H31N3O3/c1-2-35-25-15-13-24(14-16-25)32-27(33)21-26(29(32)34)30-17-19-31(20-18-30)28(22-9-5-3-6-10-22)23-11-7-4-8-12-23/h3-16,26,28H,2,17-21H2,1H3/p+2/t26-/m1/s1. The Labute approximate surface area is 206 Å². The van der Waals surface area contributed by atoms with E-state index in [0.29, 0.717) is 12.3 Å². The zero-order chi connectivity index (χ0) is 24.2. The van der Waals surface area contributed by atoms with Crippen molar-refractivity contribution >= 4 is 17.5 Å². The van der Waals surface area contributed by atoms with Gasteiger partial charge in [0.15, 0.2) is 6.04 Å². The van der Waals surface area contributed by atoms with Crippen molar-refractivity contribution in [2.24, 2.45) is 0 Å². The van der Waals surface area contributed by atoms with Gasteiger partial charge in [-0.2, -0.15) is 0 Å². The number of amides is 2. The molecule has 0 spiro atoms. The summed E-state index contributed by atoms with van der Waals surface area (Å²) >= 11 is 0. The van der Waals surface area contributed by atoms with Crippen LogP contribution >= 0.6 is 0 Å². The van der Waals surface area contributed by atoms with Gasteiger partial charge >= 0.3 is 0 Å². The van der Waals surface area contributed by atoms with Gasteiger partial charge in [0.25, 0.3) is 5.91 Å². The number of quaternary nitrogens is 2. The van der Waals surface area contributed by atoms with E-state index < -0.39 is 0 Å². The molecule has 3 aromatic carbocycles. The van der Waals surface area contributed by atoms with Crippen LogP contribution in [0, 0.1) is 0 Å². The van der Waals surface area contributed by atoms with E-state index in [0.717, 1.165) is 31.9 Å². The number of hydrogen-bond donors (Lipinski definition) is 2. The van der Waals surface area contributed by atoms with Crippen LogP contribution in [0.4, 0.5) is 5.69 Å². The highest BCUT2D eigenvalue weighted by Crippen LogP contribution is 2.25. The van der Waals surface area contributed by atoms with Crippen LogP contribution in [-0.4, -0.2) is 50.6 Å². The van der Waals surface area contributed by atoms with E-state index >= 15 is 0 Å². The first-order chi connectivity index (χ1) is 17.2. The zero-order valence-electron chi connectivity index (χ0n) is 20.2. The second kappa shape index (κ2) is 10.4. The average Bonchev–Trinajstić information content (AvgIpc) is 3.20. The summed E-state index contributed by atoms with van der Waals surface area (Å²) in [5, 5.41) is 0. The summed E-state index contributed by atoms with van der Waals surface area (Å²) in [6.45, 7) is 6.14. The van der Waals surface area contributed by atoms with Crippen LogP contribution in [0.15, 0.2) is 84.9 Å². The molecule has 0 bridgehead atoms. The van der Waals surface area contributed by atoms with Crippen molar-refractivity contribution < 1.29 is 24.1 Å². The smallest absolute Gasteiger partial charge is 0.292 e. The summed E-state index contributed by atoms with van der Waals surface area (Å²) in [4.78, 5) is 30.3. The number of hydrogen-bond acceptors (Lipinski definition) is 3. The highest BCUT2D eigenvalue weighted by Gasteiger charge is 2.47. The summed E-state index contributed by atoms with van der Waals surface area (Å²) in [6.07, 6.45) is 0.275. The number of benzene rings is 3. The minimum atomic E-state index is -0.303. The normalized spacial score (nSPS) is 22.6. The van der Waals surface area contributed by atoms with Crippen molar-refractivity contribution in [3.05, 3.63) is 96.1 Å². The number of carbonyl (C=O) groups is 2. The lowest BCUT2D eigenvalue weighted by atomic mass is 9.96. The lowest BCUT2D eigenvalue weighted by Gasteiger charge is -2.36. The van der Waals surface area contributed by atoms with Crippen LogP contribution in [0.2, 0.25) is 0 Å². The van der Waals surface area contributed by atoms with Crippen LogP contribution in [0.3, 0.4) is 0 Å². The van der Waals surface area contributed by atoms with Gasteiger partial charge in [-0.15, -0.1) is 0 Å². The van der Waals surface area contributed by atoms with Crippen LogP contribution in [0.1, 0.15) is 30.5 Å². The van der Waals surface area contributed by atoms with E-state index in [9.17, 15) is 9.59 Å². The monoisotopic (exact) mass is 471 g/mol. The van der Waals surface area contributed by atoms with Crippen LogP contribution in [-0.2, 0) is 9.59 Å². The van der Waals surface area contributed by atoms with E-state index in [1.807, 2.05) is 19.1 Å². The fraction of sp³-hybridized carbons (Fsp3) is 0.310. The summed E-state index contributed by atoms with van der Waals surface area (Å²) in [6, 6.07) is 28.5. The quantitative estimate of drug-likeness (QED) is 0.511. The molecule has 2 heterocycles. The van der Waals surface area contributed by atoms with Crippen molar-refractivity contribution in [3.8, 4) is 5.75 Å². The molecule has 6 nitrogen and oxygen atoms in total. The Morgan fingerprint density at radius 1 is 0.829 bits per heavy atom. The van der Waals surface area contributed by atoms with Gasteiger partial charge in [-0.25, -0.2) is 4.90 Å². The van der Waals surface area contributed by atoms with Gasteiger partial charge in [-0.3, -0.25) is 9.59 Å². The third-order valence-corrected chi connectivity index (χ3v) is 7.25. The first kappa shape index (κ1) is 23.3. The predicted octanol–water partition coefficient (Wildman–Crippen LogP) is 1.29. The second-order valence-corrected chi connectivity index (χ2v) is 9.32. The third-order valence-electron chi connectivity index (χ3n) is 7.25. The Kier molecular flexibility index (Phi) is 6.93. The molecule has 2 aliphatic rings. The maximum absolute atomic E-state index is 13.3. The second-order valence-electron chi connectivity index (χ2n) is 9.32. The molecule has 0 aromatic heterocycles. The molecule has 2 N–H and O–H groups in total. The summed E-state index contributed by atoms with van der Waals surface area (Å²) < 4.78 is 5.49. The lowest BCUT2D eigenvalue weighted by Crippen LogP contribution is -3.30. The Bertz CT molecular complexity index is 1100. The molecule has 2 saturated heterocycles. The van der Waals surface area contributed by atoms with E-state index in [2.05, 4.69) is 60.7 Å². The van der Waals surface area contributed by atoms with Gasteiger partial charge in [0.2, 0.25) is 5.91 Å². The molecule has 35 heavy (non-hydrogen) atoms. The number of ether oxygens (including phenoxy) is 1. The number of anilines is 1. The molecule has 2 aliphatic heterocycles. The molecule has 180 valence electrons. The molecular formula is C29H33N3O3+2. The average molecular weight is 472 g/mol. The number of piperazine rings is 1. The van der Waals surface area contributed by atoms with E-state index in [-0.39, 0.29) is 30.3 Å². The summed E-state index contributed by atoms with van der Waals surface area (Å²) in [7, 11) is 0. The molecular weight excluding hydrogens is 438 g/mol. The van der Waals surface area contributed by atoms with Gasteiger partial charge in [0, 0.05) is 11.1 Å². The first-order valence-corrected chi connectivity index (χ1v) is 12.5. The largest absolute Gasteiger partial charge is 0.494 e. The van der Waals surface area contributed by atoms with Gasteiger partial charge in [-0.05, 0) is 31.2 Å². The minimum Gasteiger partial charge on any atom is -0.494 e. The van der Waals surface area contributed by atoms with Crippen LogP contribution in [0.25, 0.3) is 0 Å². The van der Waals surface area contributed by atoms with Gasteiger partial charge < -0.3 is 14.5 Å². The van der Waals surface area contributed by atoms with Gasteiger partial charge in [0.1, 0.15) is 38.0 Å². The highest BCUT2D eigenvalue weighted by molar-refractivity contribution is 6.21. The van der Waals surface area contributed by atoms with E-state index in [1.165, 1.54) is 25.8 Å². The van der Waals surface area contributed by atoms with Crippen molar-refractivity contribution in [1.82, 2.24) is 0 Å². The molecule has 1 atom stereocenters. The first-order valence-electron chi connectivity index (χ1n) is 12.5. The number of imide groups is 1. The number of nitrogens with one attached hydrogen (secondary N) is 2. The van der Waals surface area contributed by atoms with E-state index in [4.69, 9.17) is 4.74 Å². The fourth-order valence-electron chi connectivity index (χ4n) is 5.56. The number of rotatable bonds is 7. The highest BCUT2D eigenvalue weighted by atomic mass is 16.5. The fourth-order valence-corrected chi connectivity index (χ4v) is 5.56. The lowest BCUT2D eigenvalue weighted by molar-refractivity contribution is -1.03. The van der Waals surface area contributed by atoms with Crippen LogP contribution < -0.4 is 19.4 Å². The summed E-state index contributed by atoms with van der Waals surface area (Å²) in [5.74, 6) is 0.543. The Morgan fingerprint density at radius 2 is 1.40 bits per heavy atom. The zero-order valence-corrected chi connectivity index (χ0v) is 20.2. The van der Waals surface area contributed by atoms with Gasteiger partial charge in [0.05, 0.1) is 18.7 Å². The third kappa shape index (κ3) is 4.85. The van der Waals surface area contributed by atoms with Crippen molar-refractivity contribution in [2.75, 3.05) is 37.7 Å². The van der Waals surface area contributed by atoms with Crippen molar-refractivity contribution in [1.29, 1.82) is 0 Å². The summed E-state index contributed by atoms with van der Waals surface area (Å²) in [5.41, 5.74) is 3.25. The molecule has 2 amide bonds. The topological polar surface area (TPSA) is 55.5 Å². The van der Waals surface area contributed by atoms with Gasteiger partial charge in [-0.1, -0.05) is 60.7 Å². The molecule has 3 aromatic rings. The molecule has 0 saturated carbocycles. The molecule has 0 aliphatic carbocycles. The maximum atomic E-state index is 13.3. The van der Waals surface area contributed by atoms with Crippen LogP contribution in [0.5, 0.6) is 5.75 Å². The van der Waals surface area contributed by atoms with Crippen molar-refractivity contribution in [3.63, 3.8) is 0 Å². The molecule has 6 heteroatoms. The Morgan fingerprint density at radius 3 is 1.94 bits per heavy atom. The Balaban J connectivity index is 1.28. The number of carbonyl (C=O) groups excluding carboxylic acids is 2. The molecule has 2 fully saturated rings. The van der Waals surface area contributed by atoms with Crippen molar-refractivity contribution in [2.45, 2.75) is 25.4 Å². The molecule has 0 unspecified atom stereocenters. The van der Waals surface area contributed by atoms with E-state index in [1.54, 1.807) is 12.1 Å². The SMILES string of the molecule is CCOc1ccc(N2C(=O)C[C@@H]([NH+]3CC[NH+](C(c4ccccc4)c4ccccc4)CC3)C2=O)cc1. The minimum absolute atomic E-state index is 0.0831. The Hall–Kier alpha value is -3.48.